The van der Waals surface area contributed by atoms with E-state index in [4.69, 9.17) is 14.5 Å². The van der Waals surface area contributed by atoms with Gasteiger partial charge in [0.05, 0.1) is 43.6 Å². The number of fused-ring (bicyclic) bond motifs is 1. The number of nitrogens with zero attached hydrogens (tertiary/aromatic N) is 3. The molecule has 1 atom stereocenters. The molecule has 37 heavy (non-hydrogen) atoms. The maximum atomic E-state index is 13.6. The average Bonchev–Trinajstić information content (AvgIpc) is 3.32. The van der Waals surface area contributed by atoms with Crippen LogP contribution in [0.2, 0.25) is 0 Å². The van der Waals surface area contributed by atoms with Crippen molar-refractivity contribution in [3.05, 3.63) is 87.5 Å². The number of morpholine rings is 1. The molecule has 0 radical (unpaired) electrons. The number of hydrogen-bond acceptors (Lipinski definition) is 7. The van der Waals surface area contributed by atoms with Crippen LogP contribution in [0.3, 0.4) is 0 Å². The van der Waals surface area contributed by atoms with Crippen molar-refractivity contribution in [1.82, 2.24) is 9.80 Å². The zero-order valence-corrected chi connectivity index (χ0v) is 22.2. The van der Waals surface area contributed by atoms with Crippen molar-refractivity contribution in [3.8, 4) is 0 Å². The summed E-state index contributed by atoms with van der Waals surface area (Å²) < 4.78 is 11.0. The van der Waals surface area contributed by atoms with Gasteiger partial charge in [-0.25, -0.2) is 9.79 Å². The fourth-order valence-corrected chi connectivity index (χ4v) is 5.84. The molecule has 2 aromatic carbocycles. The second-order valence-electron chi connectivity index (χ2n) is 9.27. The summed E-state index contributed by atoms with van der Waals surface area (Å²) in [6.45, 7) is 8.45. The normalized spacial score (nSPS) is 19.4. The Morgan fingerprint density at radius 1 is 1.11 bits per heavy atom. The number of esters is 1. The molecule has 3 aliphatic heterocycles. The summed E-state index contributed by atoms with van der Waals surface area (Å²) in [5.74, 6) is -0.350. The van der Waals surface area contributed by atoms with E-state index in [1.165, 1.54) is 11.8 Å². The lowest BCUT2D eigenvalue weighted by Gasteiger charge is -2.38. The number of thioether (sulfide) groups is 1. The van der Waals surface area contributed by atoms with Gasteiger partial charge in [0.25, 0.3) is 0 Å². The van der Waals surface area contributed by atoms with Crippen LogP contribution in [0.4, 0.5) is 0 Å². The highest BCUT2D eigenvalue weighted by Gasteiger charge is 2.43. The van der Waals surface area contributed by atoms with Crippen LogP contribution >= 0.6 is 11.8 Å². The van der Waals surface area contributed by atoms with E-state index in [0.29, 0.717) is 37.6 Å². The average molecular weight is 518 g/mol. The van der Waals surface area contributed by atoms with Crippen LogP contribution in [0, 0.1) is 13.8 Å². The van der Waals surface area contributed by atoms with E-state index in [2.05, 4.69) is 30.0 Å². The van der Waals surface area contributed by atoms with Gasteiger partial charge in [0.15, 0.2) is 5.17 Å². The van der Waals surface area contributed by atoms with Crippen LogP contribution in [0.25, 0.3) is 5.70 Å². The smallest absolute Gasteiger partial charge is 0.338 e. The Labute approximate surface area is 221 Å². The Bertz CT molecular complexity index is 1300. The summed E-state index contributed by atoms with van der Waals surface area (Å²) in [6.07, 6.45) is 0.226. The van der Waals surface area contributed by atoms with E-state index in [1.807, 2.05) is 54.5 Å². The van der Waals surface area contributed by atoms with Gasteiger partial charge in [-0.3, -0.25) is 4.79 Å². The molecule has 0 N–H and O–H groups in total. The van der Waals surface area contributed by atoms with Crippen LogP contribution in [0.5, 0.6) is 0 Å². The molecule has 7 nitrogen and oxygen atoms in total. The van der Waals surface area contributed by atoms with Gasteiger partial charge in [-0.1, -0.05) is 65.9 Å². The van der Waals surface area contributed by atoms with Crippen molar-refractivity contribution < 1.29 is 19.1 Å². The summed E-state index contributed by atoms with van der Waals surface area (Å²) >= 11 is 1.49. The zero-order chi connectivity index (χ0) is 25.9. The first kappa shape index (κ1) is 25.3. The number of aryl methyl sites for hydroxylation is 2. The zero-order valence-electron chi connectivity index (χ0n) is 21.4. The van der Waals surface area contributed by atoms with Crippen molar-refractivity contribution >= 4 is 34.5 Å². The quantitative estimate of drug-likeness (QED) is 0.512. The van der Waals surface area contributed by atoms with Crippen molar-refractivity contribution in [2.75, 3.05) is 32.9 Å². The van der Waals surface area contributed by atoms with Crippen LogP contribution in [-0.4, -0.2) is 59.8 Å². The van der Waals surface area contributed by atoms with Crippen molar-refractivity contribution in [1.29, 1.82) is 0 Å². The van der Waals surface area contributed by atoms with Gasteiger partial charge in [-0.15, -0.1) is 0 Å². The summed E-state index contributed by atoms with van der Waals surface area (Å²) in [6, 6.07) is 15.5. The van der Waals surface area contributed by atoms with E-state index in [0.717, 1.165) is 33.1 Å². The van der Waals surface area contributed by atoms with Gasteiger partial charge in [0.2, 0.25) is 5.91 Å². The largest absolute Gasteiger partial charge is 0.463 e. The highest BCUT2D eigenvalue weighted by Crippen LogP contribution is 2.47. The minimum absolute atomic E-state index is 0.0478. The van der Waals surface area contributed by atoms with Crippen molar-refractivity contribution in [2.24, 2.45) is 4.99 Å². The summed E-state index contributed by atoms with van der Waals surface area (Å²) in [5.41, 5.74) is 5.93. The number of hydrogen-bond donors (Lipinski definition) is 0. The number of benzene rings is 2. The molecule has 1 fully saturated rings. The highest BCUT2D eigenvalue weighted by molar-refractivity contribution is 8.16. The minimum Gasteiger partial charge on any atom is -0.463 e. The summed E-state index contributed by atoms with van der Waals surface area (Å²) in [7, 11) is 0. The maximum absolute atomic E-state index is 13.6. The number of aliphatic imine (C=N–C) groups is 1. The molecule has 0 aromatic heterocycles. The molecule has 0 saturated carbocycles. The first-order valence-electron chi connectivity index (χ1n) is 12.6. The minimum atomic E-state index is -0.472. The Hall–Kier alpha value is -3.36. The molecule has 3 heterocycles. The molecular formula is C29H31N3O4S. The van der Waals surface area contributed by atoms with Gasteiger partial charge in [-0.2, -0.15) is 0 Å². The first-order chi connectivity index (χ1) is 18.0. The Balaban J connectivity index is 1.64. The molecule has 192 valence electrons. The third-order valence-electron chi connectivity index (χ3n) is 6.78. The molecule has 1 saturated heterocycles. The van der Waals surface area contributed by atoms with Gasteiger partial charge in [-0.05, 0) is 37.3 Å². The highest BCUT2D eigenvalue weighted by atomic mass is 32.2. The van der Waals surface area contributed by atoms with E-state index in [1.54, 1.807) is 0 Å². The number of rotatable bonds is 6. The van der Waals surface area contributed by atoms with Gasteiger partial charge in [0.1, 0.15) is 0 Å². The summed E-state index contributed by atoms with van der Waals surface area (Å²) in [4.78, 5) is 35.8. The number of amidine groups is 1. The second-order valence-corrected chi connectivity index (χ2v) is 10.1. The molecule has 3 aliphatic rings. The Kier molecular flexibility index (Phi) is 7.48. The van der Waals surface area contributed by atoms with Gasteiger partial charge in [0, 0.05) is 24.4 Å². The lowest BCUT2D eigenvalue weighted by atomic mass is 9.88. The number of carbonyl (C=O) groups excluding carboxylic acids is 2. The van der Waals surface area contributed by atoms with E-state index in [-0.39, 0.29) is 18.9 Å². The maximum Gasteiger partial charge on any atom is 0.338 e. The standard InChI is InChI=1S/C29H31N3O4S/c1-4-36-28(34)25-26(21-8-6-5-7-9-21)30-29-32(27(25)23-16-19(2)10-11-20(23)3)22(18-37-29)17-24(33)31-12-14-35-15-13-31/h5-11,16,18,27H,4,12-15,17H2,1-3H3/t27-/m0/s1. The van der Waals surface area contributed by atoms with E-state index < -0.39 is 12.0 Å². The molecule has 0 aliphatic carbocycles. The van der Waals surface area contributed by atoms with Crippen LogP contribution < -0.4 is 0 Å². The number of carbonyl (C=O) groups is 2. The Morgan fingerprint density at radius 2 is 1.86 bits per heavy atom. The summed E-state index contributed by atoms with van der Waals surface area (Å²) in [5, 5.41) is 2.74. The lowest BCUT2D eigenvalue weighted by Crippen LogP contribution is -2.42. The van der Waals surface area contributed by atoms with Crippen LogP contribution in [-0.2, 0) is 19.1 Å². The van der Waals surface area contributed by atoms with E-state index >= 15 is 0 Å². The molecule has 8 heteroatoms. The van der Waals surface area contributed by atoms with Crippen LogP contribution in [0.15, 0.2) is 70.2 Å². The molecule has 1 amide bonds. The van der Waals surface area contributed by atoms with Gasteiger partial charge >= 0.3 is 5.97 Å². The van der Waals surface area contributed by atoms with E-state index in [9.17, 15) is 9.59 Å². The lowest BCUT2D eigenvalue weighted by molar-refractivity contribution is -0.139. The molecule has 2 aromatic rings. The predicted octanol–water partition coefficient (Wildman–Crippen LogP) is 4.83. The molecular weight excluding hydrogens is 486 g/mol. The Morgan fingerprint density at radius 3 is 2.59 bits per heavy atom. The second kappa shape index (κ2) is 10.9. The number of ether oxygens (including phenoxy) is 2. The first-order valence-corrected chi connectivity index (χ1v) is 13.5. The number of amides is 1. The molecule has 0 unspecified atom stereocenters. The fourth-order valence-electron chi connectivity index (χ4n) is 4.92. The molecule has 0 bridgehead atoms. The topological polar surface area (TPSA) is 71.4 Å². The fraction of sp³-hybridized carbons (Fsp3) is 0.345. The third-order valence-corrected chi connectivity index (χ3v) is 7.67. The molecule has 5 rings (SSSR count). The predicted molar refractivity (Wildman–Crippen MR) is 146 cm³/mol. The molecule has 0 spiro atoms. The SMILES string of the molecule is CCOC(=O)C1=C(c2ccccc2)N=C2SC=C(CC(=O)N3CCOCC3)N2[C@H]1c1cc(C)ccc1C. The van der Waals surface area contributed by atoms with Gasteiger partial charge < -0.3 is 19.3 Å². The van der Waals surface area contributed by atoms with Crippen LogP contribution in [0.1, 0.15) is 41.6 Å². The third kappa shape index (κ3) is 5.08. The van der Waals surface area contributed by atoms with Crippen molar-refractivity contribution in [2.45, 2.75) is 33.2 Å². The monoisotopic (exact) mass is 517 g/mol. The van der Waals surface area contributed by atoms with Crippen molar-refractivity contribution in [3.63, 3.8) is 0 Å².